The molecule has 0 aliphatic carbocycles. The lowest BCUT2D eigenvalue weighted by atomic mass is 10.1. The molecule has 0 saturated carbocycles. The fourth-order valence-corrected chi connectivity index (χ4v) is 2.34. The van der Waals surface area contributed by atoms with Crippen molar-refractivity contribution in [1.29, 1.82) is 0 Å². The number of carbonyl (C=O) groups excluding carboxylic acids is 1. The summed E-state index contributed by atoms with van der Waals surface area (Å²) in [6.07, 6.45) is 0.381. The topological polar surface area (TPSA) is 114 Å². The van der Waals surface area contributed by atoms with Gasteiger partial charge in [-0.05, 0) is 38.1 Å². The SMILES string of the molecule is CC(Cc1ccc2c(c1)OCO2)N(C)CNC(=O)C(N)CC(=O)O. The molecule has 1 aliphatic rings. The predicted molar refractivity (Wildman–Crippen MR) is 86.7 cm³/mol. The van der Waals surface area contributed by atoms with Crippen molar-refractivity contribution in [2.45, 2.75) is 31.8 Å². The highest BCUT2D eigenvalue weighted by Gasteiger charge is 2.19. The van der Waals surface area contributed by atoms with Crippen LogP contribution < -0.4 is 20.5 Å². The molecule has 8 heteroatoms. The number of hydrogen-bond donors (Lipinski definition) is 3. The minimum absolute atomic E-state index is 0.154. The van der Waals surface area contributed by atoms with Crippen molar-refractivity contribution >= 4 is 11.9 Å². The van der Waals surface area contributed by atoms with E-state index < -0.39 is 17.9 Å². The van der Waals surface area contributed by atoms with Gasteiger partial charge in [-0.15, -0.1) is 0 Å². The Labute approximate surface area is 140 Å². The van der Waals surface area contributed by atoms with E-state index in [4.69, 9.17) is 20.3 Å². The molecule has 1 amide bonds. The standard InChI is InChI=1S/C16H23N3O5/c1-10(5-11-3-4-13-14(6-11)24-9-23-13)19(2)8-18-16(22)12(17)7-15(20)21/h3-4,6,10,12H,5,7-9,17H2,1-2H3,(H,18,22)(H,20,21). The van der Waals surface area contributed by atoms with Gasteiger partial charge in [0.2, 0.25) is 12.7 Å². The molecule has 0 saturated heterocycles. The highest BCUT2D eigenvalue weighted by atomic mass is 16.7. The molecular formula is C16H23N3O5. The first kappa shape index (κ1) is 18.0. The summed E-state index contributed by atoms with van der Waals surface area (Å²) in [5.41, 5.74) is 6.62. The number of fused-ring (bicyclic) bond motifs is 1. The van der Waals surface area contributed by atoms with E-state index in [0.29, 0.717) is 0 Å². The summed E-state index contributed by atoms with van der Waals surface area (Å²) in [5.74, 6) is -0.0727. The van der Waals surface area contributed by atoms with Gasteiger partial charge in [0.05, 0.1) is 19.1 Å². The maximum absolute atomic E-state index is 11.7. The van der Waals surface area contributed by atoms with Crippen molar-refractivity contribution < 1.29 is 24.2 Å². The summed E-state index contributed by atoms with van der Waals surface area (Å²) in [6.45, 7) is 2.57. The van der Waals surface area contributed by atoms with Gasteiger partial charge in [0, 0.05) is 6.04 Å². The van der Waals surface area contributed by atoms with Crippen molar-refractivity contribution in [3.05, 3.63) is 23.8 Å². The molecule has 4 N–H and O–H groups in total. The molecule has 1 aromatic rings. The van der Waals surface area contributed by atoms with Crippen molar-refractivity contribution in [3.63, 3.8) is 0 Å². The summed E-state index contributed by atoms with van der Waals surface area (Å²) >= 11 is 0. The average molecular weight is 337 g/mol. The maximum Gasteiger partial charge on any atom is 0.305 e. The van der Waals surface area contributed by atoms with Gasteiger partial charge >= 0.3 is 5.97 Å². The Morgan fingerprint density at radius 2 is 2.08 bits per heavy atom. The van der Waals surface area contributed by atoms with Gasteiger partial charge in [-0.3, -0.25) is 14.5 Å². The Morgan fingerprint density at radius 1 is 1.38 bits per heavy atom. The third-order valence-electron chi connectivity index (χ3n) is 3.95. The van der Waals surface area contributed by atoms with E-state index >= 15 is 0 Å². The predicted octanol–water partition coefficient (Wildman–Crippen LogP) is 0.154. The summed E-state index contributed by atoms with van der Waals surface area (Å²) < 4.78 is 10.7. The number of nitrogens with zero attached hydrogens (tertiary/aromatic N) is 1. The molecule has 132 valence electrons. The molecular weight excluding hydrogens is 314 g/mol. The quantitative estimate of drug-likeness (QED) is 0.579. The van der Waals surface area contributed by atoms with Gasteiger partial charge in [-0.2, -0.15) is 0 Å². The van der Waals surface area contributed by atoms with Crippen molar-refractivity contribution in [1.82, 2.24) is 10.2 Å². The first-order valence-corrected chi connectivity index (χ1v) is 7.70. The van der Waals surface area contributed by atoms with E-state index in [1.54, 1.807) is 0 Å². The second kappa shape index (κ2) is 7.98. The minimum atomic E-state index is -1.10. The van der Waals surface area contributed by atoms with Crippen LogP contribution in [0.4, 0.5) is 0 Å². The molecule has 0 fully saturated rings. The van der Waals surface area contributed by atoms with Crippen LogP contribution in [0.25, 0.3) is 0 Å². The molecule has 0 radical (unpaired) electrons. The number of nitrogens with one attached hydrogen (secondary N) is 1. The minimum Gasteiger partial charge on any atom is -0.481 e. The monoisotopic (exact) mass is 337 g/mol. The lowest BCUT2D eigenvalue weighted by molar-refractivity contribution is -0.139. The zero-order valence-corrected chi connectivity index (χ0v) is 13.8. The third-order valence-corrected chi connectivity index (χ3v) is 3.95. The summed E-state index contributed by atoms with van der Waals surface area (Å²) in [5, 5.41) is 11.3. The molecule has 1 aliphatic heterocycles. The summed E-state index contributed by atoms with van der Waals surface area (Å²) in [4.78, 5) is 24.2. The average Bonchev–Trinajstić information content (AvgIpc) is 2.99. The molecule has 2 unspecified atom stereocenters. The normalized spacial score (nSPS) is 15.2. The van der Waals surface area contributed by atoms with E-state index in [1.807, 2.05) is 37.1 Å². The van der Waals surface area contributed by atoms with Gasteiger partial charge in [-0.1, -0.05) is 6.07 Å². The van der Waals surface area contributed by atoms with Gasteiger partial charge in [0.1, 0.15) is 0 Å². The Hall–Kier alpha value is -2.32. The molecule has 2 atom stereocenters. The van der Waals surface area contributed by atoms with Crippen LogP contribution >= 0.6 is 0 Å². The van der Waals surface area contributed by atoms with E-state index in [9.17, 15) is 9.59 Å². The number of likely N-dealkylation sites (N-methyl/N-ethyl adjacent to an activating group) is 1. The molecule has 24 heavy (non-hydrogen) atoms. The molecule has 0 aromatic heterocycles. The Morgan fingerprint density at radius 3 is 2.79 bits per heavy atom. The second-order valence-corrected chi connectivity index (χ2v) is 5.90. The van der Waals surface area contributed by atoms with Crippen LogP contribution in [0.2, 0.25) is 0 Å². The Kier molecular flexibility index (Phi) is 5.99. The van der Waals surface area contributed by atoms with Crippen molar-refractivity contribution in [2.75, 3.05) is 20.5 Å². The lowest BCUT2D eigenvalue weighted by Crippen LogP contribution is -2.47. The number of benzene rings is 1. The number of rotatable bonds is 8. The molecule has 0 spiro atoms. The first-order valence-electron chi connectivity index (χ1n) is 7.70. The maximum atomic E-state index is 11.7. The summed E-state index contributed by atoms with van der Waals surface area (Å²) in [7, 11) is 1.88. The van der Waals surface area contributed by atoms with Crippen LogP contribution in [0, 0.1) is 0 Å². The van der Waals surface area contributed by atoms with E-state index in [2.05, 4.69) is 5.32 Å². The lowest BCUT2D eigenvalue weighted by Gasteiger charge is -2.25. The van der Waals surface area contributed by atoms with E-state index in [1.165, 1.54) is 0 Å². The van der Waals surface area contributed by atoms with Crippen LogP contribution in [-0.4, -0.2) is 54.5 Å². The van der Waals surface area contributed by atoms with Crippen LogP contribution in [-0.2, 0) is 16.0 Å². The number of carboxylic acid groups (broad SMARTS) is 1. The number of ether oxygens (including phenoxy) is 2. The number of nitrogens with two attached hydrogens (primary N) is 1. The number of amides is 1. The molecule has 2 rings (SSSR count). The van der Waals surface area contributed by atoms with Crippen LogP contribution in [0.1, 0.15) is 18.9 Å². The summed E-state index contributed by atoms with van der Waals surface area (Å²) in [6, 6.07) is 4.94. The molecule has 8 nitrogen and oxygen atoms in total. The number of carbonyl (C=O) groups is 2. The van der Waals surface area contributed by atoms with E-state index in [-0.39, 0.29) is 25.9 Å². The highest BCUT2D eigenvalue weighted by molar-refractivity contribution is 5.85. The van der Waals surface area contributed by atoms with Crippen molar-refractivity contribution in [3.8, 4) is 11.5 Å². The Balaban J connectivity index is 1.80. The van der Waals surface area contributed by atoms with Gasteiger partial charge in [-0.25, -0.2) is 0 Å². The van der Waals surface area contributed by atoms with Gasteiger partial charge in [0.15, 0.2) is 11.5 Å². The van der Waals surface area contributed by atoms with Crippen LogP contribution in [0.15, 0.2) is 18.2 Å². The van der Waals surface area contributed by atoms with Gasteiger partial charge in [0.25, 0.3) is 0 Å². The fourth-order valence-electron chi connectivity index (χ4n) is 2.34. The van der Waals surface area contributed by atoms with Gasteiger partial charge < -0.3 is 25.6 Å². The first-order chi connectivity index (χ1) is 11.4. The zero-order valence-electron chi connectivity index (χ0n) is 13.8. The fraction of sp³-hybridized carbons (Fsp3) is 0.500. The molecule has 0 bridgehead atoms. The largest absolute Gasteiger partial charge is 0.481 e. The number of hydrogen-bond acceptors (Lipinski definition) is 6. The highest BCUT2D eigenvalue weighted by Crippen LogP contribution is 2.32. The molecule has 1 heterocycles. The smallest absolute Gasteiger partial charge is 0.305 e. The molecule has 1 aromatic carbocycles. The third kappa shape index (κ3) is 4.84. The number of carboxylic acids is 1. The van der Waals surface area contributed by atoms with Crippen LogP contribution in [0.5, 0.6) is 11.5 Å². The number of aliphatic carboxylic acids is 1. The Bertz CT molecular complexity index is 607. The van der Waals surface area contributed by atoms with Crippen molar-refractivity contribution in [2.24, 2.45) is 5.73 Å². The van der Waals surface area contributed by atoms with Crippen LogP contribution in [0.3, 0.4) is 0 Å². The van der Waals surface area contributed by atoms with E-state index in [0.717, 1.165) is 23.5 Å². The second-order valence-electron chi connectivity index (χ2n) is 5.90. The zero-order chi connectivity index (χ0) is 17.7.